The van der Waals surface area contributed by atoms with Crippen LogP contribution in [0.2, 0.25) is 0 Å². The Labute approximate surface area is 115 Å². The monoisotopic (exact) mass is 268 g/mol. The van der Waals surface area contributed by atoms with E-state index in [0.717, 1.165) is 11.1 Å². The van der Waals surface area contributed by atoms with E-state index < -0.39 is 5.97 Å². The molecule has 0 bridgehead atoms. The van der Waals surface area contributed by atoms with E-state index in [2.05, 4.69) is 0 Å². The maximum Gasteiger partial charge on any atom is 0.335 e. The van der Waals surface area contributed by atoms with E-state index in [4.69, 9.17) is 5.11 Å². The fourth-order valence-electron chi connectivity index (χ4n) is 2.56. The summed E-state index contributed by atoms with van der Waals surface area (Å²) in [6.07, 6.45) is 1.30. The van der Waals surface area contributed by atoms with Gasteiger partial charge in [0, 0.05) is 11.1 Å². The Morgan fingerprint density at radius 3 is 2.45 bits per heavy atom. The van der Waals surface area contributed by atoms with Gasteiger partial charge in [0.05, 0.1) is 5.56 Å². The maximum atomic E-state index is 12.5. The molecule has 0 aromatic heterocycles. The minimum Gasteiger partial charge on any atom is -0.508 e. The number of carbonyl (C=O) groups is 2. The van der Waals surface area contributed by atoms with Crippen LogP contribution < -0.4 is 0 Å². The number of phenols is 1. The van der Waals surface area contributed by atoms with Crippen LogP contribution in [0.15, 0.2) is 36.4 Å². The van der Waals surface area contributed by atoms with Gasteiger partial charge in [0.1, 0.15) is 5.75 Å². The number of fused-ring (bicyclic) bond motifs is 2. The predicted octanol–water partition coefficient (Wildman–Crippen LogP) is 2.42. The third kappa shape index (κ3) is 1.95. The van der Waals surface area contributed by atoms with E-state index in [1.54, 1.807) is 18.2 Å². The number of carboxylic acid groups (broad SMARTS) is 1. The molecular formula is C16H12O4. The van der Waals surface area contributed by atoms with Crippen LogP contribution in [0.3, 0.4) is 0 Å². The second-order valence-corrected chi connectivity index (χ2v) is 4.85. The molecular weight excluding hydrogens is 256 g/mol. The zero-order valence-electron chi connectivity index (χ0n) is 10.6. The molecule has 20 heavy (non-hydrogen) atoms. The molecule has 0 radical (unpaired) electrons. The van der Waals surface area contributed by atoms with Crippen molar-refractivity contribution in [2.24, 2.45) is 0 Å². The van der Waals surface area contributed by atoms with Crippen molar-refractivity contribution in [2.75, 3.05) is 0 Å². The van der Waals surface area contributed by atoms with E-state index in [-0.39, 0.29) is 17.1 Å². The van der Waals surface area contributed by atoms with Crippen LogP contribution in [-0.4, -0.2) is 22.0 Å². The quantitative estimate of drug-likeness (QED) is 0.833. The lowest BCUT2D eigenvalue weighted by Gasteiger charge is -2.06. The average Bonchev–Trinajstić information content (AvgIpc) is 2.56. The first-order valence-electron chi connectivity index (χ1n) is 6.29. The van der Waals surface area contributed by atoms with E-state index in [1.807, 2.05) is 0 Å². The molecule has 0 aliphatic heterocycles. The highest BCUT2D eigenvalue weighted by atomic mass is 16.4. The van der Waals surface area contributed by atoms with Crippen LogP contribution in [0, 0.1) is 0 Å². The van der Waals surface area contributed by atoms with Crippen molar-refractivity contribution in [2.45, 2.75) is 12.8 Å². The van der Waals surface area contributed by atoms with E-state index in [9.17, 15) is 14.7 Å². The smallest absolute Gasteiger partial charge is 0.335 e. The van der Waals surface area contributed by atoms with Crippen LogP contribution in [-0.2, 0) is 12.8 Å². The lowest BCUT2D eigenvalue weighted by atomic mass is 9.97. The Bertz CT molecular complexity index is 731. The van der Waals surface area contributed by atoms with Crippen LogP contribution in [0.5, 0.6) is 5.75 Å². The highest BCUT2D eigenvalue weighted by Gasteiger charge is 2.22. The van der Waals surface area contributed by atoms with E-state index in [0.29, 0.717) is 24.0 Å². The summed E-state index contributed by atoms with van der Waals surface area (Å²) < 4.78 is 0. The number of carbonyl (C=O) groups excluding carboxylic acids is 1. The number of carboxylic acids is 1. The van der Waals surface area contributed by atoms with Gasteiger partial charge in [-0.05, 0) is 54.3 Å². The maximum absolute atomic E-state index is 12.5. The highest BCUT2D eigenvalue weighted by Crippen LogP contribution is 2.27. The summed E-state index contributed by atoms with van der Waals surface area (Å²) in [5, 5.41) is 18.5. The van der Waals surface area contributed by atoms with Gasteiger partial charge >= 0.3 is 5.97 Å². The molecule has 2 aromatic rings. The zero-order chi connectivity index (χ0) is 14.3. The van der Waals surface area contributed by atoms with Crippen LogP contribution in [0.4, 0.5) is 0 Å². The summed E-state index contributed by atoms with van der Waals surface area (Å²) in [7, 11) is 0. The normalized spacial score (nSPS) is 13.3. The Morgan fingerprint density at radius 1 is 0.950 bits per heavy atom. The molecule has 2 N–H and O–H groups in total. The first-order chi connectivity index (χ1) is 9.56. The fourth-order valence-corrected chi connectivity index (χ4v) is 2.56. The van der Waals surface area contributed by atoms with Crippen LogP contribution >= 0.6 is 0 Å². The van der Waals surface area contributed by atoms with Crippen molar-refractivity contribution in [3.8, 4) is 5.75 Å². The zero-order valence-corrected chi connectivity index (χ0v) is 10.6. The molecule has 0 heterocycles. The van der Waals surface area contributed by atoms with Gasteiger partial charge in [-0.15, -0.1) is 0 Å². The number of phenolic OH excluding ortho intramolecular Hbond substituents is 1. The third-order valence-electron chi connectivity index (χ3n) is 3.60. The standard InChI is InChI=1S/C16H12O4/c17-12-5-6-13-10(7-12)3-1-9-2-4-11(16(19)20)8-14(9)15(13)18/h2,4-8,17H,1,3H2,(H,19,20). The van der Waals surface area contributed by atoms with Gasteiger partial charge in [-0.2, -0.15) is 0 Å². The summed E-state index contributed by atoms with van der Waals surface area (Å²) in [5.74, 6) is -1.10. The molecule has 0 saturated carbocycles. The van der Waals surface area contributed by atoms with Gasteiger partial charge in [0.15, 0.2) is 5.78 Å². The largest absolute Gasteiger partial charge is 0.508 e. The summed E-state index contributed by atoms with van der Waals surface area (Å²) in [4.78, 5) is 23.6. The Morgan fingerprint density at radius 2 is 1.70 bits per heavy atom. The molecule has 0 amide bonds. The molecule has 0 unspecified atom stereocenters. The second kappa shape index (κ2) is 4.49. The average molecular weight is 268 g/mol. The number of hydrogen-bond donors (Lipinski definition) is 2. The number of rotatable bonds is 1. The van der Waals surface area contributed by atoms with Crippen molar-refractivity contribution in [1.82, 2.24) is 0 Å². The van der Waals surface area contributed by atoms with Crippen molar-refractivity contribution in [3.05, 3.63) is 64.2 Å². The second-order valence-electron chi connectivity index (χ2n) is 4.85. The Kier molecular flexibility index (Phi) is 2.79. The summed E-state index contributed by atoms with van der Waals surface area (Å²) >= 11 is 0. The number of benzene rings is 2. The topological polar surface area (TPSA) is 74.6 Å². The van der Waals surface area contributed by atoms with Crippen molar-refractivity contribution in [1.29, 1.82) is 0 Å². The van der Waals surface area contributed by atoms with Crippen molar-refractivity contribution < 1.29 is 19.8 Å². The number of aromatic hydroxyl groups is 1. The molecule has 0 atom stereocenters. The van der Waals surface area contributed by atoms with Crippen molar-refractivity contribution >= 4 is 11.8 Å². The fraction of sp³-hybridized carbons (Fsp3) is 0.125. The van der Waals surface area contributed by atoms with Gasteiger partial charge in [-0.25, -0.2) is 4.79 Å². The number of aromatic carboxylic acids is 1. The minimum absolute atomic E-state index is 0.110. The van der Waals surface area contributed by atoms with Gasteiger partial charge in [-0.1, -0.05) is 6.07 Å². The van der Waals surface area contributed by atoms with Crippen LogP contribution in [0.1, 0.15) is 37.4 Å². The van der Waals surface area contributed by atoms with Gasteiger partial charge in [0.25, 0.3) is 0 Å². The predicted molar refractivity (Wildman–Crippen MR) is 72.3 cm³/mol. The summed E-state index contributed by atoms with van der Waals surface area (Å²) in [5.41, 5.74) is 2.72. The van der Waals surface area contributed by atoms with Gasteiger partial charge in [-0.3, -0.25) is 4.79 Å². The molecule has 4 nitrogen and oxygen atoms in total. The molecule has 0 saturated heterocycles. The minimum atomic E-state index is -1.05. The van der Waals surface area contributed by atoms with E-state index in [1.165, 1.54) is 18.2 Å². The molecule has 0 spiro atoms. The molecule has 100 valence electrons. The number of ketones is 1. The van der Waals surface area contributed by atoms with Gasteiger partial charge < -0.3 is 10.2 Å². The number of aryl methyl sites for hydroxylation is 2. The van der Waals surface area contributed by atoms with Gasteiger partial charge in [0.2, 0.25) is 0 Å². The lowest BCUT2D eigenvalue weighted by molar-refractivity contribution is 0.0697. The molecule has 3 rings (SSSR count). The molecule has 2 aromatic carbocycles. The van der Waals surface area contributed by atoms with E-state index >= 15 is 0 Å². The Balaban J connectivity index is 2.17. The van der Waals surface area contributed by atoms with Crippen LogP contribution in [0.25, 0.3) is 0 Å². The Hall–Kier alpha value is -2.62. The lowest BCUT2D eigenvalue weighted by Crippen LogP contribution is -2.06. The number of hydrogen-bond acceptors (Lipinski definition) is 3. The molecule has 4 heteroatoms. The third-order valence-corrected chi connectivity index (χ3v) is 3.60. The molecule has 0 fully saturated rings. The van der Waals surface area contributed by atoms with Crippen molar-refractivity contribution in [3.63, 3.8) is 0 Å². The SMILES string of the molecule is O=C(O)c1ccc2c(c1)C(=O)c1ccc(O)cc1CC2. The summed E-state index contributed by atoms with van der Waals surface area (Å²) in [6.45, 7) is 0. The highest BCUT2D eigenvalue weighted by molar-refractivity contribution is 6.12. The molecule has 1 aliphatic rings. The molecule has 1 aliphatic carbocycles. The first-order valence-corrected chi connectivity index (χ1v) is 6.29. The first kappa shape index (κ1) is 12.4. The summed E-state index contributed by atoms with van der Waals surface area (Å²) in [6, 6.07) is 9.31.